The van der Waals surface area contributed by atoms with Crippen molar-refractivity contribution in [1.82, 2.24) is 9.55 Å². The number of rotatable bonds is 4. The summed E-state index contributed by atoms with van der Waals surface area (Å²) in [6.45, 7) is 2.02. The van der Waals surface area contributed by atoms with Gasteiger partial charge in [0, 0.05) is 18.0 Å². The zero-order valence-electron chi connectivity index (χ0n) is 14.7. The van der Waals surface area contributed by atoms with Crippen LogP contribution in [0.2, 0.25) is 0 Å². The van der Waals surface area contributed by atoms with Gasteiger partial charge in [0.05, 0.1) is 30.1 Å². The number of nitrogens with zero attached hydrogens (tertiary/aromatic N) is 2. The Labute approximate surface area is 150 Å². The van der Waals surface area contributed by atoms with Crippen LogP contribution < -0.4 is 10.1 Å². The molecule has 1 amide bonds. The number of pyridine rings is 1. The van der Waals surface area contributed by atoms with Crippen molar-refractivity contribution in [3.05, 3.63) is 53.7 Å². The topological polar surface area (TPSA) is 56.1 Å². The van der Waals surface area contributed by atoms with Crippen molar-refractivity contribution in [3.8, 4) is 17.0 Å². The molecule has 3 aromatic rings. The molecule has 2 aromatic heterocycles. The summed E-state index contributed by atoms with van der Waals surface area (Å²) in [5.74, 6) is 0.753. The first kappa shape index (κ1) is 16.3. The highest BCUT2D eigenvalue weighted by Gasteiger charge is 2.31. The van der Waals surface area contributed by atoms with Crippen molar-refractivity contribution in [3.63, 3.8) is 0 Å². The normalized spacial score (nSPS) is 15.7. The molecule has 132 valence electrons. The monoisotopic (exact) mass is 351 g/mol. The number of alkyl halides is 1. The maximum atomic E-state index is 13.0. The van der Waals surface area contributed by atoms with Gasteiger partial charge in [0.2, 0.25) is 0 Å². The lowest BCUT2D eigenvalue weighted by Crippen LogP contribution is -2.12. The van der Waals surface area contributed by atoms with Gasteiger partial charge in [0.15, 0.2) is 0 Å². The van der Waals surface area contributed by atoms with Crippen LogP contribution in [0.3, 0.4) is 0 Å². The molecule has 0 radical (unpaired) electrons. The molecular formula is C20H18FN3O2. The number of aromatic nitrogens is 2. The van der Waals surface area contributed by atoms with E-state index in [1.54, 1.807) is 13.3 Å². The summed E-state index contributed by atoms with van der Waals surface area (Å²) in [7, 11) is 3.62. The molecule has 1 aliphatic rings. The number of nitrogens with one attached hydrogen (secondary N) is 1. The van der Waals surface area contributed by atoms with E-state index in [0.29, 0.717) is 5.82 Å². The molecule has 0 unspecified atom stereocenters. The first-order valence-electron chi connectivity index (χ1n) is 8.27. The highest BCUT2D eigenvalue weighted by atomic mass is 19.1. The van der Waals surface area contributed by atoms with E-state index in [0.717, 1.165) is 33.5 Å². The standard InChI is InChI=1S/C20H18FN3O2/c1-11-13-9-18(23-20(25)14-8-15(14)21)22-10-16(13)24(2)19(11)12-6-4-5-7-17(12)26-3/h4-10,15H,1-3H3,(H,22,23,25)/t15-/m1/s1. The molecule has 0 spiro atoms. The average molecular weight is 351 g/mol. The Kier molecular flexibility index (Phi) is 3.76. The van der Waals surface area contributed by atoms with Crippen molar-refractivity contribution in [2.24, 2.45) is 7.05 Å². The molecule has 26 heavy (non-hydrogen) atoms. The molecule has 0 bridgehead atoms. The SMILES string of the molecule is COc1ccccc1-c1c(C)c2cc(NC(=O)C3=C[C@H]3F)ncc2n1C. The molecule has 6 heteroatoms. The van der Waals surface area contributed by atoms with Gasteiger partial charge < -0.3 is 14.6 Å². The molecule has 2 heterocycles. The van der Waals surface area contributed by atoms with E-state index in [9.17, 15) is 9.18 Å². The molecular weight excluding hydrogens is 333 g/mol. The lowest BCUT2D eigenvalue weighted by Gasteiger charge is -2.10. The predicted octanol–water partition coefficient (Wildman–Crippen LogP) is 3.77. The third-order valence-corrected chi connectivity index (χ3v) is 4.72. The van der Waals surface area contributed by atoms with E-state index in [2.05, 4.69) is 14.9 Å². The Hall–Kier alpha value is -3.15. The van der Waals surface area contributed by atoms with E-state index in [1.807, 2.05) is 44.3 Å². The van der Waals surface area contributed by atoms with Crippen LogP contribution >= 0.6 is 0 Å². The molecule has 1 aromatic carbocycles. The third kappa shape index (κ3) is 2.54. The maximum Gasteiger partial charge on any atom is 0.255 e. The van der Waals surface area contributed by atoms with Crippen molar-refractivity contribution >= 4 is 22.6 Å². The number of aryl methyl sites for hydroxylation is 2. The van der Waals surface area contributed by atoms with Gasteiger partial charge in [0.1, 0.15) is 17.7 Å². The van der Waals surface area contributed by atoms with Crippen LogP contribution in [0, 0.1) is 6.92 Å². The number of carbonyl (C=O) groups excluding carboxylic acids is 1. The third-order valence-electron chi connectivity index (χ3n) is 4.72. The fourth-order valence-electron chi connectivity index (χ4n) is 3.31. The number of para-hydroxylation sites is 1. The Bertz CT molecular complexity index is 1070. The average Bonchev–Trinajstić information content (AvgIpc) is 3.33. The van der Waals surface area contributed by atoms with E-state index in [-0.39, 0.29) is 5.57 Å². The number of hydrogen-bond acceptors (Lipinski definition) is 3. The second kappa shape index (κ2) is 5.98. The molecule has 1 N–H and O–H groups in total. The Morgan fingerprint density at radius 2 is 2.08 bits per heavy atom. The number of anilines is 1. The molecule has 4 rings (SSSR count). The van der Waals surface area contributed by atoms with Gasteiger partial charge in [-0.15, -0.1) is 0 Å². The minimum absolute atomic E-state index is 0.159. The zero-order chi connectivity index (χ0) is 18.4. The van der Waals surface area contributed by atoms with Crippen molar-refractivity contribution in [2.45, 2.75) is 13.1 Å². The van der Waals surface area contributed by atoms with Gasteiger partial charge in [-0.25, -0.2) is 9.37 Å². The van der Waals surface area contributed by atoms with Crippen molar-refractivity contribution < 1.29 is 13.9 Å². The molecule has 1 aliphatic carbocycles. The number of methoxy groups -OCH3 is 1. The lowest BCUT2D eigenvalue weighted by atomic mass is 10.1. The fraction of sp³-hybridized carbons (Fsp3) is 0.200. The van der Waals surface area contributed by atoms with E-state index < -0.39 is 12.1 Å². The minimum atomic E-state index is -1.23. The highest BCUT2D eigenvalue weighted by Crippen LogP contribution is 2.37. The number of halogens is 1. The molecule has 0 aliphatic heterocycles. The van der Waals surface area contributed by atoms with E-state index in [4.69, 9.17) is 4.74 Å². The number of fused-ring (bicyclic) bond motifs is 1. The smallest absolute Gasteiger partial charge is 0.255 e. The van der Waals surface area contributed by atoms with Crippen molar-refractivity contribution in [1.29, 1.82) is 0 Å². The number of carbonyl (C=O) groups is 1. The van der Waals surface area contributed by atoms with Gasteiger partial charge >= 0.3 is 0 Å². The van der Waals surface area contributed by atoms with Gasteiger partial charge in [-0.1, -0.05) is 12.1 Å². The van der Waals surface area contributed by atoms with Crippen LogP contribution in [0.1, 0.15) is 5.56 Å². The molecule has 0 saturated carbocycles. The van der Waals surface area contributed by atoms with Crippen LogP contribution in [0.5, 0.6) is 5.75 Å². The number of amides is 1. The molecule has 5 nitrogen and oxygen atoms in total. The number of hydrogen-bond donors (Lipinski definition) is 1. The van der Waals surface area contributed by atoms with Crippen LogP contribution in [0.25, 0.3) is 22.2 Å². The number of benzene rings is 1. The molecule has 0 fully saturated rings. The number of allylic oxidation sites excluding steroid dienone is 1. The summed E-state index contributed by atoms with van der Waals surface area (Å²) in [5, 5.41) is 3.62. The van der Waals surface area contributed by atoms with Gasteiger partial charge in [-0.2, -0.15) is 0 Å². The summed E-state index contributed by atoms with van der Waals surface area (Å²) in [5.41, 5.74) is 4.16. The summed E-state index contributed by atoms with van der Waals surface area (Å²) in [6, 6.07) is 9.65. The van der Waals surface area contributed by atoms with Gasteiger partial charge in [0.25, 0.3) is 5.91 Å². The summed E-state index contributed by atoms with van der Waals surface area (Å²) >= 11 is 0. The second-order valence-corrected chi connectivity index (χ2v) is 6.30. The summed E-state index contributed by atoms with van der Waals surface area (Å²) in [6.07, 6.45) is 1.77. The van der Waals surface area contributed by atoms with Crippen LogP contribution in [-0.2, 0) is 11.8 Å². The number of ether oxygens (including phenoxy) is 1. The van der Waals surface area contributed by atoms with Crippen molar-refractivity contribution in [2.75, 3.05) is 12.4 Å². The van der Waals surface area contributed by atoms with Gasteiger partial charge in [-0.05, 0) is 36.8 Å². The van der Waals surface area contributed by atoms with Gasteiger partial charge in [-0.3, -0.25) is 4.79 Å². The molecule has 1 atom stereocenters. The maximum absolute atomic E-state index is 13.0. The highest BCUT2D eigenvalue weighted by molar-refractivity contribution is 6.08. The lowest BCUT2D eigenvalue weighted by molar-refractivity contribution is -0.112. The Morgan fingerprint density at radius 1 is 1.35 bits per heavy atom. The van der Waals surface area contributed by atoms with Crippen LogP contribution in [0.4, 0.5) is 10.2 Å². The van der Waals surface area contributed by atoms with E-state index in [1.165, 1.54) is 6.08 Å². The fourth-order valence-corrected chi connectivity index (χ4v) is 3.31. The quantitative estimate of drug-likeness (QED) is 0.778. The Morgan fingerprint density at radius 3 is 2.77 bits per heavy atom. The zero-order valence-corrected chi connectivity index (χ0v) is 14.7. The van der Waals surface area contributed by atoms with Crippen LogP contribution in [0.15, 0.2) is 48.2 Å². The first-order valence-corrected chi connectivity index (χ1v) is 8.27. The Balaban J connectivity index is 1.79. The minimum Gasteiger partial charge on any atom is -0.496 e. The van der Waals surface area contributed by atoms with E-state index >= 15 is 0 Å². The van der Waals surface area contributed by atoms with Crippen LogP contribution in [-0.4, -0.2) is 28.7 Å². The first-order chi connectivity index (χ1) is 12.5. The molecule has 0 saturated heterocycles. The predicted molar refractivity (Wildman–Crippen MR) is 99.0 cm³/mol. The summed E-state index contributed by atoms with van der Waals surface area (Å²) < 4.78 is 20.5. The second-order valence-electron chi connectivity index (χ2n) is 6.30. The summed E-state index contributed by atoms with van der Waals surface area (Å²) in [4.78, 5) is 16.2. The largest absolute Gasteiger partial charge is 0.496 e.